The Morgan fingerprint density at radius 2 is 1.75 bits per heavy atom. The monoisotopic (exact) mass is 378 g/mol. The third-order valence-electron chi connectivity index (χ3n) is 4.62. The zero-order chi connectivity index (χ0) is 19.7. The van der Waals surface area contributed by atoms with Gasteiger partial charge in [-0.1, -0.05) is 6.92 Å². The number of hydrogen-bond acceptors (Lipinski definition) is 4. The Morgan fingerprint density at radius 3 is 2.50 bits per heavy atom. The lowest BCUT2D eigenvalue weighted by Gasteiger charge is -2.12. The number of aryl methyl sites for hydroxylation is 1. The van der Waals surface area contributed by atoms with Crippen molar-refractivity contribution in [3.8, 4) is 11.1 Å². The predicted molar refractivity (Wildman–Crippen MR) is 102 cm³/mol. The van der Waals surface area contributed by atoms with Crippen LogP contribution in [0.2, 0.25) is 0 Å². The first kappa shape index (κ1) is 17.9. The number of halogens is 2. The summed E-state index contributed by atoms with van der Waals surface area (Å²) < 4.78 is 30.9. The Bertz CT molecular complexity index is 1210. The lowest BCUT2D eigenvalue weighted by Crippen LogP contribution is -2.22. The molecule has 4 rings (SSSR count). The highest BCUT2D eigenvalue weighted by atomic mass is 19.1. The van der Waals surface area contributed by atoms with Crippen molar-refractivity contribution in [2.24, 2.45) is 0 Å². The van der Waals surface area contributed by atoms with E-state index in [2.05, 4.69) is 15.0 Å². The molecule has 0 amide bonds. The van der Waals surface area contributed by atoms with Crippen LogP contribution in [0.3, 0.4) is 0 Å². The Kier molecular flexibility index (Phi) is 4.65. The highest BCUT2D eigenvalue weighted by Crippen LogP contribution is 2.25. The summed E-state index contributed by atoms with van der Waals surface area (Å²) in [6.45, 7) is 1.72. The van der Waals surface area contributed by atoms with E-state index in [0.717, 1.165) is 18.3 Å². The van der Waals surface area contributed by atoms with Crippen LogP contribution in [0.25, 0.3) is 22.2 Å². The predicted octanol–water partition coefficient (Wildman–Crippen LogP) is 3.74. The third kappa shape index (κ3) is 3.26. The largest absolute Gasteiger partial charge is 0.301 e. The number of rotatable bonds is 4. The molecule has 0 aliphatic heterocycles. The summed E-state index contributed by atoms with van der Waals surface area (Å²) in [5.74, 6) is -1.42. The zero-order valence-corrected chi connectivity index (χ0v) is 15.1. The average molecular weight is 378 g/mol. The van der Waals surface area contributed by atoms with Gasteiger partial charge in [-0.3, -0.25) is 14.8 Å². The first-order valence-corrected chi connectivity index (χ1v) is 8.79. The Morgan fingerprint density at radius 1 is 0.964 bits per heavy atom. The lowest BCUT2D eigenvalue weighted by atomic mass is 10.0. The summed E-state index contributed by atoms with van der Waals surface area (Å²) in [6.07, 6.45) is 6.47. The van der Waals surface area contributed by atoms with Gasteiger partial charge in [0.2, 0.25) is 0 Å². The molecule has 0 saturated heterocycles. The van der Waals surface area contributed by atoms with Crippen molar-refractivity contribution in [1.29, 1.82) is 0 Å². The first-order valence-electron chi connectivity index (χ1n) is 8.79. The van der Waals surface area contributed by atoms with Gasteiger partial charge >= 0.3 is 0 Å². The van der Waals surface area contributed by atoms with Gasteiger partial charge in [-0.05, 0) is 47.9 Å². The zero-order valence-electron chi connectivity index (χ0n) is 15.1. The average Bonchev–Trinajstić information content (AvgIpc) is 2.72. The van der Waals surface area contributed by atoms with E-state index in [1.165, 1.54) is 29.1 Å². The molecule has 4 aromatic rings. The van der Waals surface area contributed by atoms with E-state index in [4.69, 9.17) is 0 Å². The van der Waals surface area contributed by atoms with Crippen molar-refractivity contribution in [3.63, 3.8) is 0 Å². The van der Waals surface area contributed by atoms with Gasteiger partial charge in [0.05, 0.1) is 24.5 Å². The molecule has 5 nitrogen and oxygen atoms in total. The van der Waals surface area contributed by atoms with Crippen LogP contribution in [0.4, 0.5) is 8.78 Å². The van der Waals surface area contributed by atoms with Gasteiger partial charge in [0.25, 0.3) is 5.56 Å². The van der Waals surface area contributed by atoms with Gasteiger partial charge in [-0.2, -0.15) is 0 Å². The van der Waals surface area contributed by atoms with Crippen molar-refractivity contribution in [1.82, 2.24) is 19.5 Å². The second kappa shape index (κ2) is 7.26. The Balaban J connectivity index is 1.78. The van der Waals surface area contributed by atoms with Crippen LogP contribution >= 0.6 is 0 Å². The van der Waals surface area contributed by atoms with Gasteiger partial charge in [-0.25, -0.2) is 13.8 Å². The number of aromatic nitrogens is 4. The van der Waals surface area contributed by atoms with Crippen LogP contribution in [-0.4, -0.2) is 19.5 Å². The van der Waals surface area contributed by atoms with Gasteiger partial charge in [0.1, 0.15) is 17.2 Å². The molecule has 0 aliphatic carbocycles. The number of nitrogens with zero attached hydrogens (tertiary/aromatic N) is 4. The maximum absolute atomic E-state index is 14.8. The number of hydrogen-bond donors (Lipinski definition) is 0. The molecular formula is C21H16F2N4O. The van der Waals surface area contributed by atoms with Crippen molar-refractivity contribution < 1.29 is 8.78 Å². The second-order valence-electron chi connectivity index (χ2n) is 6.35. The molecule has 0 atom stereocenters. The van der Waals surface area contributed by atoms with E-state index < -0.39 is 17.2 Å². The summed E-state index contributed by atoms with van der Waals surface area (Å²) >= 11 is 0. The summed E-state index contributed by atoms with van der Waals surface area (Å²) in [6, 6.07) is 7.67. The summed E-state index contributed by atoms with van der Waals surface area (Å²) in [5.41, 5.74) is 2.27. The maximum Gasteiger partial charge on any atom is 0.269 e. The fourth-order valence-electron chi connectivity index (χ4n) is 3.11. The molecule has 0 saturated carbocycles. The molecule has 0 spiro atoms. The summed E-state index contributed by atoms with van der Waals surface area (Å²) in [5, 5.41) is 0. The molecule has 3 heterocycles. The fraction of sp³-hybridized carbons (Fsp3) is 0.143. The number of pyridine rings is 2. The van der Waals surface area contributed by atoms with Crippen molar-refractivity contribution in [2.45, 2.75) is 19.9 Å². The quantitative estimate of drug-likeness (QED) is 0.543. The Hall–Kier alpha value is -3.48. The van der Waals surface area contributed by atoms with Gasteiger partial charge in [0, 0.05) is 23.7 Å². The molecule has 0 aliphatic rings. The van der Waals surface area contributed by atoms with Gasteiger partial charge in [-0.15, -0.1) is 0 Å². The summed E-state index contributed by atoms with van der Waals surface area (Å²) in [4.78, 5) is 24.4. The molecule has 0 unspecified atom stereocenters. The van der Waals surface area contributed by atoms with Gasteiger partial charge < -0.3 is 4.57 Å². The highest BCUT2D eigenvalue weighted by molar-refractivity contribution is 5.73. The molecule has 28 heavy (non-hydrogen) atoms. The van der Waals surface area contributed by atoms with Crippen molar-refractivity contribution in [2.75, 3.05) is 0 Å². The SMILES string of the molecule is CCc1cc(-c2cc(F)c(Cn3c(=O)cnc4cnccc43)c(F)c2)ccn1. The minimum Gasteiger partial charge on any atom is -0.301 e. The fourth-order valence-corrected chi connectivity index (χ4v) is 3.11. The molecular weight excluding hydrogens is 362 g/mol. The number of benzene rings is 1. The summed E-state index contributed by atoms with van der Waals surface area (Å²) in [7, 11) is 0. The minimum absolute atomic E-state index is 0.181. The smallest absolute Gasteiger partial charge is 0.269 e. The van der Waals surface area contributed by atoms with Crippen LogP contribution in [0.5, 0.6) is 0 Å². The van der Waals surface area contributed by atoms with Crippen molar-refractivity contribution >= 4 is 11.0 Å². The molecule has 0 radical (unpaired) electrons. The molecule has 140 valence electrons. The Labute approximate surface area is 159 Å². The van der Waals surface area contributed by atoms with E-state index >= 15 is 0 Å². The van der Waals surface area contributed by atoms with E-state index in [1.807, 2.05) is 13.0 Å². The minimum atomic E-state index is -0.712. The normalized spacial score (nSPS) is 11.1. The third-order valence-corrected chi connectivity index (χ3v) is 4.62. The standard InChI is InChI=1S/C21H16F2N4O/c1-2-15-7-13(3-6-25-15)14-8-17(22)16(18(23)9-14)12-27-20-4-5-24-10-19(20)26-11-21(27)28/h3-11H,2,12H2,1H3. The van der Waals surface area contributed by atoms with Gasteiger partial charge in [0.15, 0.2) is 0 Å². The van der Waals surface area contributed by atoms with E-state index in [-0.39, 0.29) is 12.1 Å². The first-order chi connectivity index (χ1) is 13.6. The highest BCUT2D eigenvalue weighted by Gasteiger charge is 2.15. The van der Waals surface area contributed by atoms with Crippen molar-refractivity contribution in [3.05, 3.63) is 88.4 Å². The molecule has 1 aromatic carbocycles. The molecule has 7 heteroatoms. The number of fused-ring (bicyclic) bond motifs is 1. The van der Waals surface area contributed by atoms with Crippen LogP contribution in [0.1, 0.15) is 18.2 Å². The molecule has 0 bridgehead atoms. The topological polar surface area (TPSA) is 60.7 Å². The van der Waals surface area contributed by atoms with Crippen LogP contribution in [0, 0.1) is 11.6 Å². The maximum atomic E-state index is 14.8. The van der Waals surface area contributed by atoms with Crippen LogP contribution < -0.4 is 5.56 Å². The molecule has 0 fully saturated rings. The van der Waals surface area contributed by atoms with E-state index in [9.17, 15) is 13.6 Å². The van der Waals surface area contributed by atoms with E-state index in [1.54, 1.807) is 18.3 Å². The second-order valence-corrected chi connectivity index (χ2v) is 6.35. The lowest BCUT2D eigenvalue weighted by molar-refractivity contribution is 0.545. The molecule has 0 N–H and O–H groups in total. The van der Waals surface area contributed by atoms with Crippen LogP contribution in [-0.2, 0) is 13.0 Å². The van der Waals surface area contributed by atoms with E-state index in [0.29, 0.717) is 22.2 Å². The van der Waals surface area contributed by atoms with Crippen LogP contribution in [0.15, 0.2) is 59.9 Å². The molecule has 3 aromatic heterocycles.